The Hall–Kier alpha value is -1.55. The van der Waals surface area contributed by atoms with E-state index in [1.54, 1.807) is 12.1 Å². The van der Waals surface area contributed by atoms with Crippen LogP contribution in [0.5, 0.6) is 5.75 Å². The van der Waals surface area contributed by atoms with Gasteiger partial charge in [0.25, 0.3) is 0 Å². The Kier molecular flexibility index (Phi) is 20.6. The van der Waals surface area contributed by atoms with Gasteiger partial charge < -0.3 is 14.2 Å². The Balaban J connectivity index is 2.29. The summed E-state index contributed by atoms with van der Waals surface area (Å²) in [5, 5.41) is 0. The van der Waals surface area contributed by atoms with Crippen molar-refractivity contribution in [3.63, 3.8) is 0 Å². The van der Waals surface area contributed by atoms with Gasteiger partial charge in [-0.1, -0.05) is 123 Å². The van der Waals surface area contributed by atoms with E-state index in [1.165, 1.54) is 110 Å². The van der Waals surface area contributed by atoms with Crippen molar-refractivity contribution >= 4 is 5.97 Å². The van der Waals surface area contributed by atoms with Gasteiger partial charge in [-0.3, -0.25) is 0 Å². The first-order chi connectivity index (χ1) is 17.2. The molecular formula is C31H54O4. The third-order valence-electron chi connectivity index (χ3n) is 6.64. The molecule has 1 aromatic carbocycles. The van der Waals surface area contributed by atoms with Crippen LogP contribution in [0.4, 0.5) is 0 Å². The molecule has 0 saturated heterocycles. The molecule has 0 atom stereocenters. The monoisotopic (exact) mass is 490 g/mol. The number of hydrogen-bond donors (Lipinski definition) is 0. The lowest BCUT2D eigenvalue weighted by atomic mass is 10.1. The van der Waals surface area contributed by atoms with Gasteiger partial charge in [-0.25, -0.2) is 4.79 Å². The second-order valence-electron chi connectivity index (χ2n) is 9.87. The van der Waals surface area contributed by atoms with E-state index < -0.39 is 0 Å². The lowest BCUT2D eigenvalue weighted by Gasteiger charge is -2.13. The highest BCUT2D eigenvalue weighted by molar-refractivity contribution is 5.89. The first-order valence-corrected chi connectivity index (χ1v) is 14.6. The number of carbonyl (C=O) groups is 1. The summed E-state index contributed by atoms with van der Waals surface area (Å²) >= 11 is 0. The molecule has 0 amide bonds. The van der Waals surface area contributed by atoms with Crippen molar-refractivity contribution in [2.75, 3.05) is 20.3 Å². The number of ether oxygens (including phenoxy) is 3. The van der Waals surface area contributed by atoms with E-state index in [-0.39, 0.29) is 5.97 Å². The average Bonchev–Trinajstić information content (AvgIpc) is 2.88. The zero-order chi connectivity index (χ0) is 25.4. The summed E-state index contributed by atoms with van der Waals surface area (Å²) in [5.74, 6) is 0.416. The SMILES string of the molecule is CCCCCCCCCCCOCc1ccc(C(=O)OC)cc1OCCCCCCCCCCC. The molecule has 0 spiro atoms. The molecule has 4 heteroatoms. The van der Waals surface area contributed by atoms with Crippen LogP contribution in [0, 0.1) is 0 Å². The minimum Gasteiger partial charge on any atom is -0.493 e. The number of hydrogen-bond acceptors (Lipinski definition) is 4. The van der Waals surface area contributed by atoms with Crippen LogP contribution in [-0.2, 0) is 16.1 Å². The van der Waals surface area contributed by atoms with Gasteiger partial charge in [-0.15, -0.1) is 0 Å². The minimum absolute atomic E-state index is 0.333. The topological polar surface area (TPSA) is 44.8 Å². The number of esters is 1. The van der Waals surface area contributed by atoms with Crippen LogP contribution in [0.2, 0.25) is 0 Å². The Morgan fingerprint density at radius 2 is 1.14 bits per heavy atom. The van der Waals surface area contributed by atoms with Crippen molar-refractivity contribution in [1.29, 1.82) is 0 Å². The van der Waals surface area contributed by atoms with E-state index in [2.05, 4.69) is 13.8 Å². The van der Waals surface area contributed by atoms with E-state index in [9.17, 15) is 4.79 Å². The summed E-state index contributed by atoms with van der Waals surface area (Å²) in [7, 11) is 1.41. The number of carbonyl (C=O) groups excluding carboxylic acids is 1. The van der Waals surface area contributed by atoms with Gasteiger partial charge in [-0.2, -0.15) is 0 Å². The standard InChI is InChI=1S/C31H54O4/c1-4-6-8-10-12-14-16-18-20-24-34-27-29-23-22-28(31(32)33-3)26-30(29)35-25-21-19-17-15-13-11-9-7-5-2/h22-23,26H,4-21,24-25,27H2,1-3H3. The highest BCUT2D eigenvalue weighted by Crippen LogP contribution is 2.23. The van der Waals surface area contributed by atoms with Crippen LogP contribution >= 0.6 is 0 Å². The predicted octanol–water partition coefficient (Wildman–Crippen LogP) is 9.43. The molecule has 0 aliphatic rings. The summed E-state index contributed by atoms with van der Waals surface area (Å²) in [6.45, 7) is 6.49. The Labute approximate surface area is 216 Å². The van der Waals surface area contributed by atoms with Crippen LogP contribution in [0.15, 0.2) is 18.2 Å². The Morgan fingerprint density at radius 3 is 1.66 bits per heavy atom. The summed E-state index contributed by atoms with van der Waals surface area (Å²) < 4.78 is 16.9. The van der Waals surface area contributed by atoms with Crippen molar-refractivity contribution < 1.29 is 19.0 Å². The van der Waals surface area contributed by atoms with Crippen LogP contribution in [0.3, 0.4) is 0 Å². The molecule has 0 bridgehead atoms. The van der Waals surface area contributed by atoms with Gasteiger partial charge in [0, 0.05) is 12.2 Å². The van der Waals surface area contributed by atoms with Gasteiger partial charge in [-0.05, 0) is 25.0 Å². The fraction of sp³-hybridized carbons (Fsp3) is 0.774. The molecule has 35 heavy (non-hydrogen) atoms. The fourth-order valence-corrected chi connectivity index (χ4v) is 4.34. The maximum Gasteiger partial charge on any atom is 0.337 e. The van der Waals surface area contributed by atoms with E-state index >= 15 is 0 Å². The largest absolute Gasteiger partial charge is 0.493 e. The third-order valence-corrected chi connectivity index (χ3v) is 6.64. The molecule has 4 nitrogen and oxygen atoms in total. The molecule has 0 aliphatic carbocycles. The van der Waals surface area contributed by atoms with Gasteiger partial charge in [0.1, 0.15) is 5.75 Å². The highest BCUT2D eigenvalue weighted by Gasteiger charge is 2.11. The fourth-order valence-electron chi connectivity index (χ4n) is 4.34. The third kappa shape index (κ3) is 16.7. The molecule has 0 saturated carbocycles. The van der Waals surface area contributed by atoms with Crippen LogP contribution in [-0.4, -0.2) is 26.3 Å². The normalized spacial score (nSPS) is 11.1. The van der Waals surface area contributed by atoms with Gasteiger partial charge in [0.15, 0.2) is 0 Å². The molecule has 0 fully saturated rings. The van der Waals surface area contributed by atoms with Gasteiger partial charge in [0.05, 0.1) is 25.9 Å². The molecular weight excluding hydrogens is 436 g/mol. The quantitative estimate of drug-likeness (QED) is 0.107. The van der Waals surface area contributed by atoms with Crippen molar-refractivity contribution in [3.05, 3.63) is 29.3 Å². The van der Waals surface area contributed by atoms with Gasteiger partial charge in [0.2, 0.25) is 0 Å². The molecule has 1 rings (SSSR count). The van der Waals surface area contributed by atoms with E-state index in [0.29, 0.717) is 18.8 Å². The molecule has 202 valence electrons. The maximum absolute atomic E-state index is 12.0. The van der Waals surface area contributed by atoms with E-state index in [0.717, 1.165) is 30.8 Å². The van der Waals surface area contributed by atoms with Crippen molar-refractivity contribution in [2.45, 2.75) is 136 Å². The zero-order valence-electron chi connectivity index (χ0n) is 23.2. The van der Waals surface area contributed by atoms with E-state index in [1.807, 2.05) is 6.07 Å². The van der Waals surface area contributed by atoms with Crippen LogP contribution in [0.1, 0.15) is 145 Å². The van der Waals surface area contributed by atoms with E-state index in [4.69, 9.17) is 14.2 Å². The first-order valence-electron chi connectivity index (χ1n) is 14.6. The second-order valence-corrected chi connectivity index (χ2v) is 9.87. The summed E-state index contributed by atoms with van der Waals surface area (Å²) in [6, 6.07) is 5.54. The van der Waals surface area contributed by atoms with Crippen LogP contribution in [0.25, 0.3) is 0 Å². The van der Waals surface area contributed by atoms with Crippen molar-refractivity contribution in [2.24, 2.45) is 0 Å². The summed E-state index contributed by atoms with van der Waals surface area (Å²) in [6.07, 6.45) is 23.4. The molecule has 0 aromatic heterocycles. The maximum atomic E-state index is 12.0. The molecule has 0 radical (unpaired) electrons. The Morgan fingerprint density at radius 1 is 0.657 bits per heavy atom. The van der Waals surface area contributed by atoms with Crippen molar-refractivity contribution in [3.8, 4) is 5.75 Å². The summed E-state index contributed by atoms with van der Waals surface area (Å²) in [5.41, 5.74) is 1.53. The molecule has 0 aliphatic heterocycles. The molecule has 0 N–H and O–H groups in total. The zero-order valence-corrected chi connectivity index (χ0v) is 23.2. The molecule has 0 heterocycles. The molecule has 0 unspecified atom stereocenters. The lowest BCUT2D eigenvalue weighted by Crippen LogP contribution is -2.06. The number of unbranched alkanes of at least 4 members (excludes halogenated alkanes) is 16. The Bertz CT molecular complexity index is 628. The smallest absolute Gasteiger partial charge is 0.337 e. The van der Waals surface area contributed by atoms with Gasteiger partial charge >= 0.3 is 5.97 Å². The number of rotatable bonds is 24. The number of methoxy groups -OCH3 is 1. The minimum atomic E-state index is -0.333. The molecule has 1 aromatic rings. The first kappa shape index (κ1) is 31.5. The van der Waals surface area contributed by atoms with Crippen molar-refractivity contribution in [1.82, 2.24) is 0 Å². The predicted molar refractivity (Wildman–Crippen MR) is 147 cm³/mol. The second kappa shape index (κ2) is 22.9. The highest BCUT2D eigenvalue weighted by atomic mass is 16.5. The lowest BCUT2D eigenvalue weighted by molar-refractivity contribution is 0.0600. The van der Waals surface area contributed by atoms with Crippen LogP contribution < -0.4 is 4.74 Å². The average molecular weight is 491 g/mol. The summed E-state index contributed by atoms with van der Waals surface area (Å²) in [4.78, 5) is 12.0. The number of benzene rings is 1.